The van der Waals surface area contributed by atoms with Crippen LogP contribution in [0.3, 0.4) is 0 Å². The van der Waals surface area contributed by atoms with Gasteiger partial charge in [-0.3, -0.25) is 0 Å². The van der Waals surface area contributed by atoms with Crippen LogP contribution < -0.4 is 103 Å². The molecule has 0 aromatic heterocycles. The van der Waals surface area contributed by atoms with Crippen molar-refractivity contribution in [3.05, 3.63) is 13.8 Å². The Kier molecular flexibility index (Phi) is 38.5. The van der Waals surface area contributed by atoms with E-state index in [-0.39, 0.29) is 103 Å². The molecular formula is C5H10K2. The first kappa shape index (κ1) is 16.7. The minimum atomic E-state index is 0. The molecule has 0 heterocycles. The van der Waals surface area contributed by atoms with E-state index in [1.165, 1.54) is 6.42 Å². The summed E-state index contributed by atoms with van der Waals surface area (Å²) in [4.78, 5) is 0. The molecule has 0 N–H and O–H groups in total. The van der Waals surface area contributed by atoms with E-state index in [2.05, 4.69) is 13.8 Å². The molecule has 0 aliphatic heterocycles. The third-order valence-electron chi connectivity index (χ3n) is 0.500. The van der Waals surface area contributed by atoms with Crippen molar-refractivity contribution in [1.82, 2.24) is 0 Å². The molecule has 32 valence electrons. The summed E-state index contributed by atoms with van der Waals surface area (Å²) in [6, 6.07) is 0. The second-order valence-corrected chi connectivity index (χ2v) is 1.06. The van der Waals surface area contributed by atoms with E-state index in [0.717, 1.165) is 12.8 Å². The normalized spacial score (nSPS) is 6.00. The summed E-state index contributed by atoms with van der Waals surface area (Å²) in [5.41, 5.74) is 0. The predicted octanol–water partition coefficient (Wildman–Crippen LogP) is -4.17. The quantitative estimate of drug-likeness (QED) is 0.275. The van der Waals surface area contributed by atoms with Crippen LogP contribution in [-0.4, -0.2) is 0 Å². The molecule has 0 unspecified atom stereocenters. The van der Waals surface area contributed by atoms with Crippen LogP contribution in [-0.2, 0) is 0 Å². The molecule has 0 spiro atoms. The number of unbranched alkanes of at least 4 members (excludes halogenated alkanes) is 2. The van der Waals surface area contributed by atoms with Gasteiger partial charge in [0.2, 0.25) is 0 Å². The van der Waals surface area contributed by atoms with E-state index >= 15 is 0 Å². The number of hydrogen-bond acceptors (Lipinski definition) is 0. The Balaban J connectivity index is -0.0000000800. The van der Waals surface area contributed by atoms with Gasteiger partial charge in [-0.2, -0.15) is 12.8 Å². The Labute approximate surface area is 132 Å². The van der Waals surface area contributed by atoms with Crippen LogP contribution in [0.25, 0.3) is 0 Å². The summed E-state index contributed by atoms with van der Waals surface area (Å²) in [5.74, 6) is 0. The van der Waals surface area contributed by atoms with Gasteiger partial charge in [-0.1, -0.05) is 0 Å². The summed E-state index contributed by atoms with van der Waals surface area (Å²) >= 11 is 0. The second kappa shape index (κ2) is 16.1. The first-order valence-electron chi connectivity index (χ1n) is 2.00. The van der Waals surface area contributed by atoms with E-state index < -0.39 is 0 Å². The minimum Gasteiger partial charge on any atom is -0.343 e. The largest absolute Gasteiger partial charge is 1.00 e. The zero-order valence-electron chi connectivity index (χ0n) is 5.54. The van der Waals surface area contributed by atoms with E-state index in [1.54, 1.807) is 0 Å². The van der Waals surface area contributed by atoms with Crippen molar-refractivity contribution in [2.45, 2.75) is 19.3 Å². The topological polar surface area (TPSA) is 0 Å². The van der Waals surface area contributed by atoms with Crippen LogP contribution in [0.5, 0.6) is 0 Å². The van der Waals surface area contributed by atoms with Crippen molar-refractivity contribution in [2.24, 2.45) is 0 Å². The molecule has 0 rings (SSSR count). The SMILES string of the molecule is [CH2-]CCC[CH2-].[K+].[K+]. The molecule has 0 aromatic rings. The molecule has 0 saturated heterocycles. The fraction of sp³-hybridized carbons (Fsp3) is 0.600. The Morgan fingerprint density at radius 2 is 1.14 bits per heavy atom. The van der Waals surface area contributed by atoms with E-state index in [1.807, 2.05) is 0 Å². The van der Waals surface area contributed by atoms with Crippen molar-refractivity contribution in [1.29, 1.82) is 0 Å². The molecule has 0 saturated carbocycles. The molecule has 0 amide bonds. The maximum atomic E-state index is 3.64. The van der Waals surface area contributed by atoms with Crippen molar-refractivity contribution in [2.75, 3.05) is 0 Å². The number of hydrogen-bond donors (Lipinski definition) is 0. The van der Waals surface area contributed by atoms with Gasteiger partial charge in [0.25, 0.3) is 0 Å². The average Bonchev–Trinajstić information content (AvgIpc) is 1.41. The van der Waals surface area contributed by atoms with Crippen LogP contribution >= 0.6 is 0 Å². The zero-order chi connectivity index (χ0) is 4.12. The molecule has 0 aliphatic rings. The Morgan fingerprint density at radius 3 is 1.14 bits per heavy atom. The van der Waals surface area contributed by atoms with Crippen molar-refractivity contribution < 1.29 is 103 Å². The van der Waals surface area contributed by atoms with Crippen molar-refractivity contribution in [3.8, 4) is 0 Å². The fourth-order valence-corrected chi connectivity index (χ4v) is 0.177. The van der Waals surface area contributed by atoms with Crippen molar-refractivity contribution >= 4 is 0 Å². The predicted molar refractivity (Wildman–Crippen MR) is 24.6 cm³/mol. The summed E-state index contributed by atoms with van der Waals surface area (Å²) in [7, 11) is 0. The van der Waals surface area contributed by atoms with Gasteiger partial charge in [0, 0.05) is 0 Å². The van der Waals surface area contributed by atoms with Gasteiger partial charge in [0.1, 0.15) is 0 Å². The Morgan fingerprint density at radius 1 is 0.857 bits per heavy atom. The monoisotopic (exact) mass is 148 g/mol. The molecular weight excluding hydrogens is 138 g/mol. The summed E-state index contributed by atoms with van der Waals surface area (Å²) in [5, 5.41) is 0. The van der Waals surface area contributed by atoms with Gasteiger partial charge in [-0.05, 0) is 0 Å². The molecule has 2 heteroatoms. The van der Waals surface area contributed by atoms with Gasteiger partial charge in [-0.25, -0.2) is 0 Å². The summed E-state index contributed by atoms with van der Waals surface area (Å²) in [6.45, 7) is 7.27. The second-order valence-electron chi connectivity index (χ2n) is 1.06. The third kappa shape index (κ3) is 17.6. The first-order valence-corrected chi connectivity index (χ1v) is 2.00. The van der Waals surface area contributed by atoms with E-state index in [4.69, 9.17) is 0 Å². The molecule has 0 radical (unpaired) electrons. The zero-order valence-corrected chi connectivity index (χ0v) is 11.8. The summed E-state index contributed by atoms with van der Waals surface area (Å²) < 4.78 is 0. The Hall–Kier alpha value is 3.27. The maximum Gasteiger partial charge on any atom is 1.00 e. The molecule has 0 aliphatic carbocycles. The Bertz CT molecular complexity index is 13.6. The molecule has 7 heavy (non-hydrogen) atoms. The summed E-state index contributed by atoms with van der Waals surface area (Å²) in [6.07, 6.45) is 3.23. The maximum absolute atomic E-state index is 3.64. The van der Waals surface area contributed by atoms with Crippen LogP contribution in [0.15, 0.2) is 0 Å². The van der Waals surface area contributed by atoms with Crippen LogP contribution in [0.4, 0.5) is 0 Å². The fourth-order valence-electron chi connectivity index (χ4n) is 0.177. The molecule has 0 bridgehead atoms. The van der Waals surface area contributed by atoms with Crippen LogP contribution in [0, 0.1) is 13.8 Å². The molecule has 0 aromatic carbocycles. The molecule has 0 fully saturated rings. The standard InChI is InChI=1S/C5H10.2K/c1-3-5-4-2;;/h1-5H2;;/q-2;2*+1. The molecule has 0 atom stereocenters. The van der Waals surface area contributed by atoms with Gasteiger partial charge in [0.05, 0.1) is 0 Å². The van der Waals surface area contributed by atoms with Gasteiger partial charge >= 0.3 is 103 Å². The van der Waals surface area contributed by atoms with Gasteiger partial charge in [-0.15, -0.1) is 6.42 Å². The van der Waals surface area contributed by atoms with E-state index in [9.17, 15) is 0 Å². The first-order chi connectivity index (χ1) is 2.41. The smallest absolute Gasteiger partial charge is 0.343 e. The van der Waals surface area contributed by atoms with E-state index in [0.29, 0.717) is 0 Å². The van der Waals surface area contributed by atoms with Gasteiger partial charge < -0.3 is 13.8 Å². The van der Waals surface area contributed by atoms with Gasteiger partial charge in [0.15, 0.2) is 0 Å². The average molecular weight is 148 g/mol. The van der Waals surface area contributed by atoms with Crippen molar-refractivity contribution in [3.63, 3.8) is 0 Å². The molecule has 0 nitrogen and oxygen atoms in total. The van der Waals surface area contributed by atoms with Crippen LogP contribution in [0.2, 0.25) is 0 Å². The third-order valence-corrected chi connectivity index (χ3v) is 0.500. The minimum absolute atomic E-state index is 0. The number of rotatable bonds is 2. The van der Waals surface area contributed by atoms with Crippen LogP contribution in [0.1, 0.15) is 19.3 Å².